The van der Waals surface area contributed by atoms with E-state index in [1.807, 2.05) is 32.9 Å². The van der Waals surface area contributed by atoms with Gasteiger partial charge in [0.15, 0.2) is 0 Å². The summed E-state index contributed by atoms with van der Waals surface area (Å²) in [4.78, 5) is 11.3. The van der Waals surface area contributed by atoms with E-state index in [-0.39, 0.29) is 11.9 Å². The highest BCUT2D eigenvalue weighted by molar-refractivity contribution is 5.86. The molecular formula is C11H12O2. The van der Waals surface area contributed by atoms with Crippen molar-refractivity contribution in [2.75, 3.05) is 0 Å². The lowest BCUT2D eigenvalue weighted by Gasteiger charge is -2.05. The minimum absolute atomic E-state index is 0.103. The minimum atomic E-state index is -0.135. The molecule has 0 fully saturated rings. The third kappa shape index (κ3) is 1.05. The van der Waals surface area contributed by atoms with Crippen LogP contribution in [0.4, 0.5) is 0 Å². The van der Waals surface area contributed by atoms with Crippen molar-refractivity contribution in [2.45, 2.75) is 26.7 Å². The van der Waals surface area contributed by atoms with Crippen molar-refractivity contribution < 1.29 is 9.53 Å². The molecule has 0 bridgehead atoms. The maximum atomic E-state index is 11.3. The molecule has 68 valence electrons. The number of carbonyl (C=O) groups excluding carboxylic acids is 1. The van der Waals surface area contributed by atoms with Crippen molar-refractivity contribution in [2.24, 2.45) is 0 Å². The number of aryl methyl sites for hydroxylation is 1. The van der Waals surface area contributed by atoms with Gasteiger partial charge in [0, 0.05) is 5.56 Å². The number of ether oxygens (including phenoxy) is 1. The third-order valence-electron chi connectivity index (χ3n) is 2.73. The van der Waals surface area contributed by atoms with Crippen LogP contribution < -0.4 is 4.74 Å². The summed E-state index contributed by atoms with van der Waals surface area (Å²) in [5, 5.41) is 0. The van der Waals surface area contributed by atoms with Crippen LogP contribution in [-0.2, 0) is 4.79 Å². The number of esters is 1. The third-order valence-corrected chi connectivity index (χ3v) is 2.73. The van der Waals surface area contributed by atoms with Crippen molar-refractivity contribution in [3.8, 4) is 5.75 Å². The molecule has 13 heavy (non-hydrogen) atoms. The highest BCUT2D eigenvalue weighted by Crippen LogP contribution is 2.38. The van der Waals surface area contributed by atoms with Crippen molar-refractivity contribution in [3.05, 3.63) is 28.8 Å². The van der Waals surface area contributed by atoms with E-state index in [2.05, 4.69) is 0 Å². The molecule has 1 aliphatic rings. The molecule has 0 aromatic heterocycles. The Hall–Kier alpha value is -1.31. The summed E-state index contributed by atoms with van der Waals surface area (Å²) in [6.07, 6.45) is 0. The van der Waals surface area contributed by atoms with E-state index in [1.54, 1.807) is 0 Å². The molecule has 1 aromatic carbocycles. The SMILES string of the molecule is Cc1ccc2c(c1C)OC(=O)C2C. The highest BCUT2D eigenvalue weighted by atomic mass is 16.5. The molecule has 1 aliphatic heterocycles. The molecular weight excluding hydrogens is 164 g/mol. The Morgan fingerprint density at radius 2 is 2.00 bits per heavy atom. The maximum absolute atomic E-state index is 11.3. The number of benzene rings is 1. The van der Waals surface area contributed by atoms with Crippen LogP contribution in [0.1, 0.15) is 29.5 Å². The molecule has 0 spiro atoms. The van der Waals surface area contributed by atoms with Crippen molar-refractivity contribution >= 4 is 5.97 Å². The van der Waals surface area contributed by atoms with E-state index < -0.39 is 0 Å². The van der Waals surface area contributed by atoms with Crippen molar-refractivity contribution in [1.29, 1.82) is 0 Å². The van der Waals surface area contributed by atoms with Gasteiger partial charge in [0.25, 0.3) is 0 Å². The number of fused-ring (bicyclic) bond motifs is 1. The average molecular weight is 176 g/mol. The van der Waals surface area contributed by atoms with Crippen LogP contribution >= 0.6 is 0 Å². The van der Waals surface area contributed by atoms with Crippen LogP contribution in [0.25, 0.3) is 0 Å². The predicted molar refractivity (Wildman–Crippen MR) is 50.0 cm³/mol. The molecule has 1 heterocycles. The smallest absolute Gasteiger partial charge is 0.318 e. The van der Waals surface area contributed by atoms with Gasteiger partial charge in [-0.2, -0.15) is 0 Å². The molecule has 2 rings (SSSR count). The van der Waals surface area contributed by atoms with E-state index >= 15 is 0 Å². The lowest BCUT2D eigenvalue weighted by Crippen LogP contribution is -2.05. The summed E-state index contributed by atoms with van der Waals surface area (Å²) in [5.74, 6) is 0.538. The van der Waals surface area contributed by atoms with Crippen LogP contribution in [-0.4, -0.2) is 5.97 Å². The molecule has 0 amide bonds. The largest absolute Gasteiger partial charge is 0.425 e. The standard InChI is InChI=1S/C11H12O2/c1-6-4-5-9-8(3)11(12)13-10(9)7(6)2/h4-5,8H,1-3H3. The zero-order valence-electron chi connectivity index (χ0n) is 8.05. The summed E-state index contributed by atoms with van der Waals surface area (Å²) in [6.45, 7) is 5.88. The van der Waals surface area contributed by atoms with Crippen LogP contribution in [0.5, 0.6) is 5.75 Å². The van der Waals surface area contributed by atoms with Gasteiger partial charge in [0.2, 0.25) is 0 Å². The fourth-order valence-electron chi connectivity index (χ4n) is 1.60. The second-order valence-electron chi connectivity index (χ2n) is 3.57. The Bertz CT molecular complexity index is 380. The van der Waals surface area contributed by atoms with Crippen molar-refractivity contribution in [3.63, 3.8) is 0 Å². The Kier molecular flexibility index (Phi) is 1.65. The molecule has 0 N–H and O–H groups in total. The maximum Gasteiger partial charge on any atom is 0.318 e. The molecule has 1 unspecified atom stereocenters. The molecule has 0 saturated heterocycles. The van der Waals surface area contributed by atoms with Gasteiger partial charge in [-0.15, -0.1) is 0 Å². The van der Waals surface area contributed by atoms with Crippen LogP contribution in [0, 0.1) is 13.8 Å². The van der Waals surface area contributed by atoms with Gasteiger partial charge in [-0.3, -0.25) is 4.79 Å². The lowest BCUT2D eigenvalue weighted by molar-refractivity contribution is -0.133. The lowest BCUT2D eigenvalue weighted by atomic mass is 9.98. The summed E-state index contributed by atoms with van der Waals surface area (Å²) in [5.41, 5.74) is 3.27. The van der Waals surface area contributed by atoms with Crippen LogP contribution in [0.2, 0.25) is 0 Å². The van der Waals surface area contributed by atoms with Crippen LogP contribution in [0.15, 0.2) is 12.1 Å². The first-order valence-corrected chi connectivity index (χ1v) is 4.43. The van der Waals surface area contributed by atoms with E-state index in [0.29, 0.717) is 0 Å². The Morgan fingerprint density at radius 3 is 2.69 bits per heavy atom. The minimum Gasteiger partial charge on any atom is -0.425 e. The van der Waals surface area contributed by atoms with E-state index in [9.17, 15) is 4.79 Å². The van der Waals surface area contributed by atoms with Gasteiger partial charge in [-0.05, 0) is 31.9 Å². The fourth-order valence-corrected chi connectivity index (χ4v) is 1.60. The monoisotopic (exact) mass is 176 g/mol. The van der Waals surface area contributed by atoms with Gasteiger partial charge in [-0.25, -0.2) is 0 Å². The Labute approximate surface area is 77.5 Å². The molecule has 0 aliphatic carbocycles. The molecule has 0 saturated carbocycles. The molecule has 1 atom stereocenters. The summed E-state index contributed by atoms with van der Waals surface area (Å²) >= 11 is 0. The molecule has 1 aromatic rings. The summed E-state index contributed by atoms with van der Waals surface area (Å²) in [6, 6.07) is 4.01. The summed E-state index contributed by atoms with van der Waals surface area (Å²) in [7, 11) is 0. The van der Waals surface area contributed by atoms with Gasteiger partial charge in [0.05, 0.1) is 5.92 Å². The zero-order chi connectivity index (χ0) is 9.59. The number of hydrogen-bond donors (Lipinski definition) is 0. The highest BCUT2D eigenvalue weighted by Gasteiger charge is 2.30. The Morgan fingerprint density at radius 1 is 1.31 bits per heavy atom. The zero-order valence-corrected chi connectivity index (χ0v) is 8.05. The normalized spacial score (nSPS) is 19.9. The van der Waals surface area contributed by atoms with E-state index in [4.69, 9.17) is 4.74 Å². The topological polar surface area (TPSA) is 26.3 Å². The van der Waals surface area contributed by atoms with Crippen LogP contribution in [0.3, 0.4) is 0 Å². The first kappa shape index (κ1) is 8.30. The number of carbonyl (C=O) groups is 1. The van der Waals surface area contributed by atoms with Gasteiger partial charge in [0.1, 0.15) is 5.75 Å². The summed E-state index contributed by atoms with van der Waals surface area (Å²) < 4.78 is 5.19. The average Bonchev–Trinajstić information content (AvgIpc) is 2.38. The molecule has 0 radical (unpaired) electrons. The first-order valence-electron chi connectivity index (χ1n) is 4.43. The second-order valence-corrected chi connectivity index (χ2v) is 3.57. The van der Waals surface area contributed by atoms with Gasteiger partial charge >= 0.3 is 5.97 Å². The second kappa shape index (κ2) is 2.59. The number of hydrogen-bond acceptors (Lipinski definition) is 2. The fraction of sp³-hybridized carbons (Fsp3) is 0.364. The first-order chi connectivity index (χ1) is 6.11. The van der Waals surface area contributed by atoms with Gasteiger partial charge < -0.3 is 4.74 Å². The van der Waals surface area contributed by atoms with E-state index in [1.165, 1.54) is 5.56 Å². The predicted octanol–water partition coefficient (Wildman–Crippen LogP) is 2.33. The van der Waals surface area contributed by atoms with Crippen molar-refractivity contribution in [1.82, 2.24) is 0 Å². The molecule has 2 heteroatoms. The molecule has 2 nitrogen and oxygen atoms in total. The Balaban J connectivity index is 2.64. The van der Waals surface area contributed by atoms with Gasteiger partial charge in [-0.1, -0.05) is 12.1 Å². The van der Waals surface area contributed by atoms with E-state index in [0.717, 1.165) is 16.9 Å². The quantitative estimate of drug-likeness (QED) is 0.448. The number of rotatable bonds is 0.